The van der Waals surface area contributed by atoms with Gasteiger partial charge in [-0.15, -0.1) is 0 Å². The molecule has 0 saturated carbocycles. The fourth-order valence-corrected chi connectivity index (χ4v) is 1.76. The average Bonchev–Trinajstić information content (AvgIpc) is 2.11. The van der Waals surface area contributed by atoms with Gasteiger partial charge in [-0.1, -0.05) is 0 Å². The Kier molecular flexibility index (Phi) is 4.86. The predicted molar refractivity (Wildman–Crippen MR) is 51.7 cm³/mol. The lowest BCUT2D eigenvalue weighted by Crippen LogP contribution is -2.39. The summed E-state index contributed by atoms with van der Waals surface area (Å²) in [6.45, 7) is 3.17. The monoisotopic (exact) mass is 225 g/mol. The van der Waals surface area contributed by atoms with Crippen LogP contribution < -0.4 is 5.32 Å². The Hall–Kier alpha value is -0.290. The topological polar surface area (TPSA) is 21.3 Å². The molecule has 0 radical (unpaired) electrons. The molecule has 2 nitrogen and oxygen atoms in total. The van der Waals surface area contributed by atoms with Crippen molar-refractivity contribution in [2.45, 2.75) is 50.9 Å². The minimum atomic E-state index is -4.05. The maximum absolute atomic E-state index is 11.8. The van der Waals surface area contributed by atoms with Gasteiger partial charge in [0.1, 0.15) is 0 Å². The summed E-state index contributed by atoms with van der Waals surface area (Å²) < 4.78 is 40.9. The summed E-state index contributed by atoms with van der Waals surface area (Å²) in [6.07, 6.45) is -2.79. The third-order valence-corrected chi connectivity index (χ3v) is 2.53. The van der Waals surface area contributed by atoms with E-state index in [9.17, 15) is 13.2 Å². The molecular weight excluding hydrogens is 207 g/mol. The van der Waals surface area contributed by atoms with Crippen LogP contribution in [-0.4, -0.2) is 31.5 Å². The first kappa shape index (κ1) is 12.8. The SMILES string of the molecule is CC1CC(OCCCC(F)(F)F)CCN1. The lowest BCUT2D eigenvalue weighted by atomic mass is 10.0. The molecule has 0 aliphatic carbocycles. The van der Waals surface area contributed by atoms with Gasteiger partial charge in [-0.2, -0.15) is 13.2 Å². The number of nitrogens with one attached hydrogen (secondary N) is 1. The second kappa shape index (κ2) is 5.70. The molecule has 1 fully saturated rings. The zero-order valence-electron chi connectivity index (χ0n) is 8.94. The Morgan fingerprint density at radius 1 is 1.40 bits per heavy atom. The molecule has 0 aromatic heterocycles. The summed E-state index contributed by atoms with van der Waals surface area (Å²) in [5.41, 5.74) is 0. The van der Waals surface area contributed by atoms with Gasteiger partial charge < -0.3 is 10.1 Å². The number of hydrogen-bond acceptors (Lipinski definition) is 2. The van der Waals surface area contributed by atoms with Crippen molar-refractivity contribution in [2.24, 2.45) is 0 Å². The highest BCUT2D eigenvalue weighted by molar-refractivity contribution is 4.75. The third kappa shape index (κ3) is 5.99. The highest BCUT2D eigenvalue weighted by Crippen LogP contribution is 2.21. The average molecular weight is 225 g/mol. The molecule has 0 bridgehead atoms. The van der Waals surface area contributed by atoms with Gasteiger partial charge in [-0.05, 0) is 32.7 Å². The number of rotatable bonds is 4. The Bertz CT molecular complexity index is 184. The van der Waals surface area contributed by atoms with E-state index in [0.29, 0.717) is 6.04 Å². The second-order valence-electron chi connectivity index (χ2n) is 4.09. The molecule has 5 heteroatoms. The van der Waals surface area contributed by atoms with Crippen molar-refractivity contribution < 1.29 is 17.9 Å². The van der Waals surface area contributed by atoms with E-state index in [1.54, 1.807) is 0 Å². The Labute approximate surface area is 88.2 Å². The van der Waals surface area contributed by atoms with Crippen LogP contribution in [0.25, 0.3) is 0 Å². The summed E-state index contributed by atoms with van der Waals surface area (Å²) in [4.78, 5) is 0. The van der Waals surface area contributed by atoms with Crippen molar-refractivity contribution in [3.05, 3.63) is 0 Å². The number of halogens is 3. The molecule has 0 spiro atoms. The van der Waals surface area contributed by atoms with Crippen molar-refractivity contribution >= 4 is 0 Å². The van der Waals surface area contributed by atoms with Gasteiger partial charge in [0.05, 0.1) is 6.10 Å². The number of alkyl halides is 3. The number of ether oxygens (including phenoxy) is 1. The molecule has 1 N–H and O–H groups in total. The molecule has 2 unspecified atom stereocenters. The molecule has 1 aliphatic rings. The third-order valence-electron chi connectivity index (χ3n) is 2.53. The standard InChI is InChI=1S/C10H18F3NO/c1-8-7-9(3-5-14-8)15-6-2-4-10(11,12)13/h8-9,14H,2-7H2,1H3. The van der Waals surface area contributed by atoms with Crippen molar-refractivity contribution in [3.63, 3.8) is 0 Å². The first-order valence-corrected chi connectivity index (χ1v) is 5.39. The maximum Gasteiger partial charge on any atom is 0.389 e. The molecule has 2 atom stereocenters. The van der Waals surface area contributed by atoms with E-state index < -0.39 is 12.6 Å². The predicted octanol–water partition coefficient (Wildman–Crippen LogP) is 2.49. The normalized spacial score (nSPS) is 28.0. The zero-order valence-corrected chi connectivity index (χ0v) is 8.94. The number of piperidine rings is 1. The summed E-state index contributed by atoms with van der Waals surface area (Å²) in [6, 6.07) is 0.409. The van der Waals surface area contributed by atoms with Crippen LogP contribution in [0.3, 0.4) is 0 Å². The minimum Gasteiger partial charge on any atom is -0.378 e. The molecule has 1 rings (SSSR count). The van der Waals surface area contributed by atoms with Crippen LogP contribution in [0.4, 0.5) is 13.2 Å². The van der Waals surface area contributed by atoms with E-state index in [4.69, 9.17) is 4.74 Å². The van der Waals surface area contributed by atoms with Crippen LogP contribution in [0.15, 0.2) is 0 Å². The fourth-order valence-electron chi connectivity index (χ4n) is 1.76. The number of hydrogen-bond donors (Lipinski definition) is 1. The van der Waals surface area contributed by atoms with Crippen LogP contribution in [-0.2, 0) is 4.74 Å². The van der Waals surface area contributed by atoms with Crippen LogP contribution in [0.1, 0.15) is 32.6 Å². The Morgan fingerprint density at radius 2 is 2.13 bits per heavy atom. The summed E-state index contributed by atoms with van der Waals surface area (Å²) in [7, 11) is 0. The molecule has 1 saturated heterocycles. The van der Waals surface area contributed by atoms with Gasteiger partial charge in [0.25, 0.3) is 0 Å². The largest absolute Gasteiger partial charge is 0.389 e. The van der Waals surface area contributed by atoms with Crippen molar-refractivity contribution in [3.8, 4) is 0 Å². The van der Waals surface area contributed by atoms with E-state index in [2.05, 4.69) is 12.2 Å². The summed E-state index contributed by atoms with van der Waals surface area (Å²) in [5.74, 6) is 0. The van der Waals surface area contributed by atoms with Gasteiger partial charge in [-0.25, -0.2) is 0 Å². The first-order valence-electron chi connectivity index (χ1n) is 5.39. The lowest BCUT2D eigenvalue weighted by Gasteiger charge is -2.28. The van der Waals surface area contributed by atoms with Gasteiger partial charge >= 0.3 is 6.18 Å². The lowest BCUT2D eigenvalue weighted by molar-refractivity contribution is -0.139. The minimum absolute atomic E-state index is 0.0712. The van der Waals surface area contributed by atoms with Crippen molar-refractivity contribution in [1.82, 2.24) is 5.32 Å². The highest BCUT2D eigenvalue weighted by Gasteiger charge is 2.26. The summed E-state index contributed by atoms with van der Waals surface area (Å²) >= 11 is 0. The summed E-state index contributed by atoms with van der Waals surface area (Å²) in [5, 5.41) is 3.27. The van der Waals surface area contributed by atoms with Crippen LogP contribution >= 0.6 is 0 Å². The van der Waals surface area contributed by atoms with Crippen molar-refractivity contribution in [1.29, 1.82) is 0 Å². The molecule has 1 aliphatic heterocycles. The quantitative estimate of drug-likeness (QED) is 0.742. The fraction of sp³-hybridized carbons (Fsp3) is 1.00. The van der Waals surface area contributed by atoms with E-state index in [0.717, 1.165) is 19.4 Å². The van der Waals surface area contributed by atoms with Crippen LogP contribution in [0.2, 0.25) is 0 Å². The van der Waals surface area contributed by atoms with E-state index in [-0.39, 0.29) is 19.1 Å². The van der Waals surface area contributed by atoms with Crippen molar-refractivity contribution in [2.75, 3.05) is 13.2 Å². The van der Waals surface area contributed by atoms with Crippen LogP contribution in [0, 0.1) is 0 Å². The van der Waals surface area contributed by atoms with E-state index in [1.165, 1.54) is 0 Å². The van der Waals surface area contributed by atoms with Crippen LogP contribution in [0.5, 0.6) is 0 Å². The zero-order chi connectivity index (χ0) is 11.3. The van der Waals surface area contributed by atoms with Gasteiger partial charge in [0, 0.05) is 19.1 Å². The molecule has 0 aromatic carbocycles. The smallest absolute Gasteiger partial charge is 0.378 e. The Balaban J connectivity index is 2.04. The molecule has 90 valence electrons. The second-order valence-corrected chi connectivity index (χ2v) is 4.09. The van der Waals surface area contributed by atoms with E-state index >= 15 is 0 Å². The molecule has 15 heavy (non-hydrogen) atoms. The molecular formula is C10H18F3NO. The highest BCUT2D eigenvalue weighted by atomic mass is 19.4. The first-order chi connectivity index (χ1) is 6.97. The molecule has 0 amide bonds. The Morgan fingerprint density at radius 3 is 2.73 bits per heavy atom. The van der Waals surface area contributed by atoms with Gasteiger partial charge in [0.15, 0.2) is 0 Å². The van der Waals surface area contributed by atoms with Gasteiger partial charge in [-0.3, -0.25) is 0 Å². The van der Waals surface area contributed by atoms with E-state index in [1.807, 2.05) is 0 Å². The maximum atomic E-state index is 11.8. The molecule has 0 aromatic rings. The van der Waals surface area contributed by atoms with Gasteiger partial charge in [0.2, 0.25) is 0 Å². The molecule has 1 heterocycles.